The fourth-order valence-electron chi connectivity index (χ4n) is 2.86. The highest BCUT2D eigenvalue weighted by Crippen LogP contribution is 2.28. The fourth-order valence-corrected chi connectivity index (χ4v) is 2.86. The zero-order chi connectivity index (χ0) is 22.2. The zero-order valence-corrected chi connectivity index (χ0v) is 17.1. The minimum Gasteiger partial charge on any atom is -0.493 e. The van der Waals surface area contributed by atoms with E-state index in [1.54, 1.807) is 50.7 Å². The molecule has 31 heavy (non-hydrogen) atoms. The molecule has 0 spiro atoms. The molecule has 1 amide bonds. The van der Waals surface area contributed by atoms with Crippen LogP contribution in [0.25, 0.3) is 0 Å². The number of hydrogen-bond acceptors (Lipinski definition) is 7. The molecule has 0 fully saturated rings. The molecule has 0 aliphatic heterocycles. The van der Waals surface area contributed by atoms with Crippen molar-refractivity contribution in [3.05, 3.63) is 82.5 Å². The van der Waals surface area contributed by atoms with E-state index in [4.69, 9.17) is 14.2 Å². The third-order valence-electron chi connectivity index (χ3n) is 4.43. The summed E-state index contributed by atoms with van der Waals surface area (Å²) in [5, 5.41) is 10.8. The number of nitro benzene ring substituents is 1. The smallest absolute Gasteiger partial charge is 0.269 e. The van der Waals surface area contributed by atoms with Crippen molar-refractivity contribution in [2.24, 2.45) is 0 Å². The largest absolute Gasteiger partial charge is 0.493 e. The van der Waals surface area contributed by atoms with Crippen molar-refractivity contribution in [2.75, 3.05) is 25.7 Å². The van der Waals surface area contributed by atoms with Crippen molar-refractivity contribution in [1.82, 2.24) is 4.98 Å². The molecule has 0 saturated heterocycles. The van der Waals surface area contributed by atoms with Gasteiger partial charge in [-0.25, -0.2) is 4.98 Å². The number of carbonyl (C=O) groups excluding carboxylic acids is 1. The van der Waals surface area contributed by atoms with Crippen LogP contribution in [0.3, 0.4) is 0 Å². The van der Waals surface area contributed by atoms with Gasteiger partial charge in [-0.3, -0.25) is 19.8 Å². The van der Waals surface area contributed by atoms with Gasteiger partial charge < -0.3 is 14.2 Å². The van der Waals surface area contributed by atoms with Crippen molar-refractivity contribution in [3.8, 4) is 17.2 Å². The SMILES string of the molecule is COc1ccc(CN(C(=O)COc2ccc([N+](=O)[O-])cc2)c2ccccn2)cc1OC. The predicted octanol–water partition coefficient (Wildman–Crippen LogP) is 3.62. The van der Waals surface area contributed by atoms with E-state index < -0.39 is 4.92 Å². The van der Waals surface area contributed by atoms with Crippen LogP contribution in [0.15, 0.2) is 66.9 Å². The number of nitro groups is 1. The Morgan fingerprint density at radius 2 is 1.77 bits per heavy atom. The van der Waals surface area contributed by atoms with Crippen molar-refractivity contribution in [2.45, 2.75) is 6.54 Å². The van der Waals surface area contributed by atoms with E-state index in [2.05, 4.69) is 4.98 Å². The number of ether oxygens (including phenoxy) is 3. The number of non-ortho nitro benzene ring substituents is 1. The first-order chi connectivity index (χ1) is 15.0. The summed E-state index contributed by atoms with van der Waals surface area (Å²) in [4.78, 5) is 29.0. The van der Waals surface area contributed by atoms with Gasteiger partial charge in [0.15, 0.2) is 18.1 Å². The zero-order valence-electron chi connectivity index (χ0n) is 17.1. The fraction of sp³-hybridized carbons (Fsp3) is 0.182. The number of rotatable bonds is 9. The molecule has 1 aromatic heterocycles. The Hall–Kier alpha value is -4.14. The summed E-state index contributed by atoms with van der Waals surface area (Å²) in [7, 11) is 3.10. The van der Waals surface area contributed by atoms with Crippen molar-refractivity contribution < 1.29 is 23.9 Å². The lowest BCUT2D eigenvalue weighted by Gasteiger charge is -2.22. The Morgan fingerprint density at radius 3 is 2.39 bits per heavy atom. The first-order valence-electron chi connectivity index (χ1n) is 9.31. The molecule has 1 heterocycles. The molecule has 3 aromatic rings. The number of anilines is 1. The van der Waals surface area contributed by atoms with Crippen molar-refractivity contribution >= 4 is 17.4 Å². The van der Waals surface area contributed by atoms with E-state index in [-0.39, 0.29) is 24.7 Å². The van der Waals surface area contributed by atoms with Crippen LogP contribution < -0.4 is 19.1 Å². The molecule has 0 aliphatic carbocycles. The normalized spacial score (nSPS) is 10.3. The number of benzene rings is 2. The molecule has 0 unspecified atom stereocenters. The third-order valence-corrected chi connectivity index (χ3v) is 4.43. The molecule has 9 heteroatoms. The number of nitrogens with zero attached hydrogens (tertiary/aromatic N) is 3. The summed E-state index contributed by atoms with van der Waals surface area (Å²) < 4.78 is 16.1. The maximum atomic E-state index is 13.0. The van der Waals surface area contributed by atoms with Gasteiger partial charge in [0.2, 0.25) is 0 Å². The monoisotopic (exact) mass is 423 g/mol. The van der Waals surface area contributed by atoms with Crippen LogP contribution in [-0.2, 0) is 11.3 Å². The van der Waals surface area contributed by atoms with E-state index in [1.165, 1.54) is 29.2 Å². The lowest BCUT2D eigenvalue weighted by Crippen LogP contribution is -2.35. The van der Waals surface area contributed by atoms with Crippen molar-refractivity contribution in [3.63, 3.8) is 0 Å². The lowest BCUT2D eigenvalue weighted by molar-refractivity contribution is -0.384. The quantitative estimate of drug-likeness (QED) is 0.382. The van der Waals surface area contributed by atoms with Crippen LogP contribution in [-0.4, -0.2) is 36.6 Å². The summed E-state index contributed by atoms with van der Waals surface area (Å²) >= 11 is 0. The number of hydrogen-bond donors (Lipinski definition) is 0. The van der Waals surface area contributed by atoms with Crippen LogP contribution in [0.5, 0.6) is 17.2 Å². The van der Waals surface area contributed by atoms with Crippen molar-refractivity contribution in [1.29, 1.82) is 0 Å². The highest BCUT2D eigenvalue weighted by atomic mass is 16.6. The second-order valence-corrected chi connectivity index (χ2v) is 6.40. The van der Waals surface area contributed by atoms with Crippen LogP contribution >= 0.6 is 0 Å². The standard InChI is InChI=1S/C22H21N3O6/c1-29-19-11-6-16(13-20(19)30-2)14-24(21-5-3-4-12-23-21)22(26)15-31-18-9-7-17(8-10-18)25(27)28/h3-13H,14-15H2,1-2H3. The van der Waals surface area contributed by atoms with E-state index in [0.717, 1.165) is 5.56 Å². The van der Waals surface area contributed by atoms with Gasteiger partial charge in [-0.1, -0.05) is 12.1 Å². The van der Waals surface area contributed by atoms with Gasteiger partial charge >= 0.3 is 0 Å². The summed E-state index contributed by atoms with van der Waals surface area (Å²) in [6, 6.07) is 16.2. The highest BCUT2D eigenvalue weighted by molar-refractivity contribution is 5.93. The summed E-state index contributed by atoms with van der Waals surface area (Å²) in [5.74, 6) is 1.63. The molecule has 0 N–H and O–H groups in total. The maximum absolute atomic E-state index is 13.0. The second-order valence-electron chi connectivity index (χ2n) is 6.40. The minimum atomic E-state index is -0.499. The Morgan fingerprint density at radius 1 is 1.03 bits per heavy atom. The van der Waals surface area contributed by atoms with Crippen LogP contribution in [0, 0.1) is 10.1 Å². The predicted molar refractivity (Wildman–Crippen MR) is 114 cm³/mol. The number of aromatic nitrogens is 1. The van der Waals surface area contributed by atoms with E-state index in [0.29, 0.717) is 23.1 Å². The number of methoxy groups -OCH3 is 2. The Balaban J connectivity index is 1.77. The molecule has 0 atom stereocenters. The molecule has 9 nitrogen and oxygen atoms in total. The number of amides is 1. The first-order valence-corrected chi connectivity index (χ1v) is 9.31. The third kappa shape index (κ3) is 5.47. The van der Waals surface area contributed by atoms with Gasteiger partial charge in [0.25, 0.3) is 11.6 Å². The van der Waals surface area contributed by atoms with Gasteiger partial charge in [-0.05, 0) is 42.0 Å². The number of carbonyl (C=O) groups is 1. The van der Waals surface area contributed by atoms with E-state index in [9.17, 15) is 14.9 Å². The van der Waals surface area contributed by atoms with Crippen LogP contribution in [0.2, 0.25) is 0 Å². The molecular formula is C22H21N3O6. The van der Waals surface area contributed by atoms with Gasteiger partial charge in [-0.2, -0.15) is 0 Å². The Labute approximate surface area is 179 Å². The topological polar surface area (TPSA) is 104 Å². The molecular weight excluding hydrogens is 402 g/mol. The first kappa shape index (κ1) is 21.6. The van der Waals surface area contributed by atoms with Gasteiger partial charge in [0, 0.05) is 18.3 Å². The molecule has 3 rings (SSSR count). The van der Waals surface area contributed by atoms with Crippen LogP contribution in [0.1, 0.15) is 5.56 Å². The summed E-state index contributed by atoms with van der Waals surface area (Å²) in [6.07, 6.45) is 1.60. The Kier molecular flexibility index (Phi) is 7.00. The summed E-state index contributed by atoms with van der Waals surface area (Å²) in [6.45, 7) is -0.0263. The van der Waals surface area contributed by atoms with E-state index >= 15 is 0 Å². The number of pyridine rings is 1. The molecule has 0 saturated carbocycles. The lowest BCUT2D eigenvalue weighted by atomic mass is 10.2. The second kappa shape index (κ2) is 10.1. The maximum Gasteiger partial charge on any atom is 0.269 e. The average molecular weight is 423 g/mol. The molecule has 160 valence electrons. The molecule has 2 aromatic carbocycles. The van der Waals surface area contributed by atoms with Gasteiger partial charge in [-0.15, -0.1) is 0 Å². The van der Waals surface area contributed by atoms with E-state index in [1.807, 2.05) is 6.07 Å². The molecule has 0 radical (unpaired) electrons. The average Bonchev–Trinajstić information content (AvgIpc) is 2.81. The van der Waals surface area contributed by atoms with Gasteiger partial charge in [0.05, 0.1) is 25.7 Å². The Bertz CT molecular complexity index is 1040. The van der Waals surface area contributed by atoms with Crippen LogP contribution in [0.4, 0.5) is 11.5 Å². The molecule has 0 bridgehead atoms. The highest BCUT2D eigenvalue weighted by Gasteiger charge is 2.19. The molecule has 0 aliphatic rings. The minimum absolute atomic E-state index is 0.0535. The summed E-state index contributed by atoms with van der Waals surface area (Å²) in [5.41, 5.74) is 0.759. The van der Waals surface area contributed by atoms with Gasteiger partial charge in [0.1, 0.15) is 11.6 Å².